The van der Waals surface area contributed by atoms with Crippen molar-refractivity contribution in [2.45, 2.75) is 40.5 Å². The highest BCUT2D eigenvalue weighted by atomic mass is 14.9. The lowest BCUT2D eigenvalue weighted by Crippen LogP contribution is -2.00. The van der Waals surface area contributed by atoms with Gasteiger partial charge < -0.3 is 5.73 Å². The SMILES string of the molecule is Cc1cc(C)c(CCc2cnc3c(N)nc4cc(C)ccc4c3c2)c(C)c1. The summed E-state index contributed by atoms with van der Waals surface area (Å²) in [5, 5.41) is 2.20. The maximum atomic E-state index is 6.17. The number of aromatic nitrogens is 2. The number of pyridine rings is 2. The van der Waals surface area contributed by atoms with Gasteiger partial charge in [-0.3, -0.25) is 4.98 Å². The van der Waals surface area contributed by atoms with Crippen molar-refractivity contribution in [2.24, 2.45) is 0 Å². The zero-order chi connectivity index (χ0) is 19.1. The van der Waals surface area contributed by atoms with Crippen LogP contribution < -0.4 is 5.73 Å². The highest BCUT2D eigenvalue weighted by Gasteiger charge is 2.10. The normalized spacial score (nSPS) is 11.4. The summed E-state index contributed by atoms with van der Waals surface area (Å²) in [5.41, 5.74) is 15.8. The molecule has 4 rings (SSSR count). The van der Waals surface area contributed by atoms with Crippen molar-refractivity contribution >= 4 is 27.6 Å². The fourth-order valence-corrected chi connectivity index (χ4v) is 4.07. The topological polar surface area (TPSA) is 51.8 Å². The second-order valence-electron chi connectivity index (χ2n) is 7.63. The van der Waals surface area contributed by atoms with Crippen LogP contribution in [-0.4, -0.2) is 9.97 Å². The Hall–Kier alpha value is -2.94. The van der Waals surface area contributed by atoms with Crippen molar-refractivity contribution in [1.82, 2.24) is 9.97 Å². The Morgan fingerprint density at radius 2 is 1.56 bits per heavy atom. The van der Waals surface area contributed by atoms with Crippen LogP contribution in [0.4, 0.5) is 5.82 Å². The van der Waals surface area contributed by atoms with Crippen molar-refractivity contribution in [3.05, 3.63) is 76.0 Å². The molecule has 0 spiro atoms. The van der Waals surface area contributed by atoms with Crippen LogP contribution in [0.3, 0.4) is 0 Å². The molecule has 0 unspecified atom stereocenters. The summed E-state index contributed by atoms with van der Waals surface area (Å²) in [7, 11) is 0. The summed E-state index contributed by atoms with van der Waals surface area (Å²) < 4.78 is 0. The Morgan fingerprint density at radius 3 is 2.30 bits per heavy atom. The van der Waals surface area contributed by atoms with E-state index >= 15 is 0 Å². The molecule has 2 N–H and O–H groups in total. The molecule has 0 aliphatic rings. The number of nitrogens with two attached hydrogens (primary N) is 1. The molecular weight excluding hydrogens is 330 g/mol. The molecule has 136 valence electrons. The minimum atomic E-state index is 0.500. The third-order valence-electron chi connectivity index (χ3n) is 5.38. The van der Waals surface area contributed by atoms with Gasteiger partial charge in [0.05, 0.1) is 5.52 Å². The standard InChI is InChI=1S/C24H25N3/c1-14-5-7-20-21-12-18(13-26-23(21)24(25)27-22(20)11-14)6-8-19-16(3)9-15(2)10-17(19)4/h5,7,9-13H,6,8H2,1-4H3,(H2,25,27). The first-order valence-corrected chi connectivity index (χ1v) is 9.43. The summed E-state index contributed by atoms with van der Waals surface area (Å²) in [5.74, 6) is 0.500. The second kappa shape index (κ2) is 6.66. The first-order chi connectivity index (χ1) is 12.9. The fraction of sp³-hybridized carbons (Fsp3) is 0.250. The molecule has 0 bridgehead atoms. The maximum Gasteiger partial charge on any atom is 0.150 e. The molecular formula is C24H25N3. The van der Waals surface area contributed by atoms with Gasteiger partial charge in [0.15, 0.2) is 5.82 Å². The van der Waals surface area contributed by atoms with E-state index in [2.05, 4.69) is 74.1 Å². The van der Waals surface area contributed by atoms with Crippen molar-refractivity contribution in [3.63, 3.8) is 0 Å². The molecule has 2 heterocycles. The number of aryl methyl sites for hydroxylation is 5. The van der Waals surface area contributed by atoms with Crippen LogP contribution in [0.5, 0.6) is 0 Å². The number of hydrogen-bond acceptors (Lipinski definition) is 3. The summed E-state index contributed by atoms with van der Waals surface area (Å²) in [6, 6.07) is 13.1. The number of anilines is 1. The van der Waals surface area contributed by atoms with Crippen molar-refractivity contribution in [2.75, 3.05) is 5.73 Å². The van der Waals surface area contributed by atoms with Gasteiger partial charge in [-0.15, -0.1) is 0 Å². The molecule has 0 aliphatic heterocycles. The minimum Gasteiger partial charge on any atom is -0.382 e. The lowest BCUT2D eigenvalue weighted by atomic mass is 9.94. The van der Waals surface area contributed by atoms with E-state index in [9.17, 15) is 0 Å². The van der Waals surface area contributed by atoms with Gasteiger partial charge in [0, 0.05) is 17.0 Å². The van der Waals surface area contributed by atoms with Crippen LogP contribution >= 0.6 is 0 Å². The van der Waals surface area contributed by atoms with Gasteiger partial charge in [-0.05, 0) is 80.5 Å². The minimum absolute atomic E-state index is 0.500. The third-order valence-corrected chi connectivity index (χ3v) is 5.38. The van der Waals surface area contributed by atoms with Gasteiger partial charge in [-0.25, -0.2) is 4.98 Å². The quantitative estimate of drug-likeness (QED) is 0.502. The number of fused-ring (bicyclic) bond motifs is 3. The number of hydrogen-bond donors (Lipinski definition) is 1. The Balaban J connectivity index is 1.74. The van der Waals surface area contributed by atoms with Gasteiger partial charge in [-0.1, -0.05) is 29.8 Å². The lowest BCUT2D eigenvalue weighted by Gasteiger charge is -2.12. The van der Waals surface area contributed by atoms with E-state index in [0.29, 0.717) is 5.82 Å². The smallest absolute Gasteiger partial charge is 0.150 e. The zero-order valence-corrected chi connectivity index (χ0v) is 16.4. The zero-order valence-electron chi connectivity index (χ0n) is 16.4. The highest BCUT2D eigenvalue weighted by Crippen LogP contribution is 2.28. The van der Waals surface area contributed by atoms with E-state index in [4.69, 9.17) is 5.73 Å². The van der Waals surface area contributed by atoms with E-state index in [1.165, 1.54) is 33.4 Å². The van der Waals surface area contributed by atoms with Crippen LogP contribution in [0, 0.1) is 27.7 Å². The molecule has 2 aromatic heterocycles. The maximum absolute atomic E-state index is 6.17. The predicted octanol–water partition coefficient (Wildman–Crippen LogP) is 5.38. The van der Waals surface area contributed by atoms with Crippen LogP contribution in [0.1, 0.15) is 33.4 Å². The molecule has 3 heteroatoms. The molecule has 0 saturated heterocycles. The fourth-order valence-electron chi connectivity index (χ4n) is 4.07. The van der Waals surface area contributed by atoms with Gasteiger partial charge in [0.25, 0.3) is 0 Å². The second-order valence-corrected chi connectivity index (χ2v) is 7.63. The number of nitrogens with zero attached hydrogens (tertiary/aromatic N) is 2. The summed E-state index contributed by atoms with van der Waals surface area (Å²) in [6.45, 7) is 8.64. The van der Waals surface area contributed by atoms with Crippen molar-refractivity contribution < 1.29 is 0 Å². The molecule has 0 saturated carbocycles. The van der Waals surface area contributed by atoms with Crippen molar-refractivity contribution in [3.8, 4) is 0 Å². The van der Waals surface area contributed by atoms with E-state index in [-0.39, 0.29) is 0 Å². The Kier molecular flexibility index (Phi) is 4.31. The third kappa shape index (κ3) is 3.25. The lowest BCUT2D eigenvalue weighted by molar-refractivity contribution is 0.931. The van der Waals surface area contributed by atoms with Crippen molar-refractivity contribution in [1.29, 1.82) is 0 Å². The van der Waals surface area contributed by atoms with Gasteiger partial charge in [-0.2, -0.15) is 0 Å². The van der Waals surface area contributed by atoms with E-state index in [1.54, 1.807) is 0 Å². The molecule has 27 heavy (non-hydrogen) atoms. The molecule has 0 amide bonds. The van der Waals surface area contributed by atoms with Gasteiger partial charge in [0.1, 0.15) is 5.52 Å². The first-order valence-electron chi connectivity index (χ1n) is 9.43. The highest BCUT2D eigenvalue weighted by molar-refractivity contribution is 6.08. The molecule has 3 nitrogen and oxygen atoms in total. The Bertz CT molecular complexity index is 1150. The number of rotatable bonds is 3. The molecule has 0 fully saturated rings. The Morgan fingerprint density at radius 1 is 0.815 bits per heavy atom. The average Bonchev–Trinajstić information content (AvgIpc) is 2.60. The monoisotopic (exact) mass is 355 g/mol. The van der Waals surface area contributed by atoms with E-state index < -0.39 is 0 Å². The first kappa shape index (κ1) is 17.5. The van der Waals surface area contributed by atoms with Crippen LogP contribution in [0.25, 0.3) is 21.8 Å². The largest absolute Gasteiger partial charge is 0.382 e. The Labute approximate surface area is 160 Å². The molecule has 0 aliphatic carbocycles. The summed E-state index contributed by atoms with van der Waals surface area (Å²) in [4.78, 5) is 9.17. The van der Waals surface area contributed by atoms with Crippen LogP contribution in [0.15, 0.2) is 42.6 Å². The van der Waals surface area contributed by atoms with E-state index in [1.807, 2.05) is 6.20 Å². The summed E-state index contributed by atoms with van der Waals surface area (Å²) in [6.07, 6.45) is 3.92. The summed E-state index contributed by atoms with van der Waals surface area (Å²) >= 11 is 0. The average molecular weight is 355 g/mol. The van der Waals surface area contributed by atoms with Gasteiger partial charge >= 0.3 is 0 Å². The molecule has 2 aromatic carbocycles. The molecule has 0 radical (unpaired) electrons. The van der Waals surface area contributed by atoms with Crippen LogP contribution in [0.2, 0.25) is 0 Å². The number of benzene rings is 2. The van der Waals surface area contributed by atoms with E-state index in [0.717, 1.165) is 34.6 Å². The van der Waals surface area contributed by atoms with Gasteiger partial charge in [0.2, 0.25) is 0 Å². The predicted molar refractivity (Wildman–Crippen MR) is 114 cm³/mol. The molecule has 0 atom stereocenters. The molecule has 4 aromatic rings. The number of nitrogen functional groups attached to an aromatic ring is 1. The van der Waals surface area contributed by atoms with Crippen LogP contribution in [-0.2, 0) is 12.8 Å².